The van der Waals surface area contributed by atoms with Gasteiger partial charge in [0.05, 0.1) is 16.8 Å². The average molecular weight is 345 g/mol. The van der Waals surface area contributed by atoms with Crippen molar-refractivity contribution >= 4 is 28.8 Å². The molecule has 0 fully saturated rings. The molecule has 0 saturated carbocycles. The van der Waals surface area contributed by atoms with E-state index in [0.29, 0.717) is 11.3 Å². The van der Waals surface area contributed by atoms with Gasteiger partial charge in [0.25, 0.3) is 11.8 Å². The van der Waals surface area contributed by atoms with Crippen molar-refractivity contribution in [3.8, 4) is 0 Å². The molecule has 3 aliphatic rings. The Kier molecular flexibility index (Phi) is 2.66. The lowest BCUT2D eigenvalue weighted by molar-refractivity contribution is -0.123. The molecule has 5 nitrogen and oxygen atoms in total. The minimum atomic E-state index is -1.27. The standard InChI is InChI=1S/C21H19N3O2/c1-12-11-20(2,3)24-17-13(12)8-6-9-15(17)21(19(24)26)22-16-10-5-4-7-14(16)18(25)23-21/h4-11,22H,1-3H3,(H,23,25). The Labute approximate surface area is 151 Å². The predicted molar refractivity (Wildman–Crippen MR) is 101 cm³/mol. The fraction of sp³-hybridized carbons (Fsp3) is 0.238. The van der Waals surface area contributed by atoms with Gasteiger partial charge in [-0.1, -0.05) is 36.4 Å². The van der Waals surface area contributed by atoms with Crippen LogP contribution in [0.1, 0.15) is 42.3 Å². The number of benzene rings is 2. The van der Waals surface area contributed by atoms with E-state index in [0.717, 1.165) is 22.4 Å². The summed E-state index contributed by atoms with van der Waals surface area (Å²) >= 11 is 0. The van der Waals surface area contributed by atoms with Gasteiger partial charge in [-0.2, -0.15) is 0 Å². The summed E-state index contributed by atoms with van der Waals surface area (Å²) in [7, 11) is 0. The van der Waals surface area contributed by atoms with E-state index in [9.17, 15) is 9.59 Å². The molecule has 0 saturated heterocycles. The number of nitrogens with zero attached hydrogens (tertiary/aromatic N) is 1. The molecular formula is C21H19N3O2. The molecule has 3 aliphatic heterocycles. The van der Waals surface area contributed by atoms with Crippen molar-refractivity contribution in [3.63, 3.8) is 0 Å². The average Bonchev–Trinajstić information content (AvgIpc) is 2.83. The summed E-state index contributed by atoms with van der Waals surface area (Å²) in [5.74, 6) is -0.399. The number of hydrogen-bond donors (Lipinski definition) is 2. The number of rotatable bonds is 0. The van der Waals surface area contributed by atoms with Gasteiger partial charge in [-0.3, -0.25) is 14.5 Å². The Balaban J connectivity index is 1.79. The third-order valence-electron chi connectivity index (χ3n) is 5.55. The molecular weight excluding hydrogens is 326 g/mol. The summed E-state index contributed by atoms with van der Waals surface area (Å²) in [5.41, 5.74) is 3.31. The molecule has 26 heavy (non-hydrogen) atoms. The number of para-hydroxylation sites is 2. The number of hydrogen-bond acceptors (Lipinski definition) is 3. The van der Waals surface area contributed by atoms with Crippen LogP contribution in [0.15, 0.2) is 48.5 Å². The highest BCUT2D eigenvalue weighted by atomic mass is 16.2. The molecule has 0 radical (unpaired) electrons. The molecule has 1 atom stereocenters. The quantitative estimate of drug-likeness (QED) is 0.771. The summed E-state index contributed by atoms with van der Waals surface area (Å²) < 4.78 is 0. The number of carbonyl (C=O) groups is 2. The fourth-order valence-corrected chi connectivity index (χ4v) is 4.51. The molecule has 2 aromatic rings. The van der Waals surface area contributed by atoms with Crippen molar-refractivity contribution in [2.24, 2.45) is 0 Å². The Morgan fingerprint density at radius 1 is 0.923 bits per heavy atom. The summed E-state index contributed by atoms with van der Waals surface area (Å²) in [5, 5.41) is 6.30. The molecule has 0 aromatic heterocycles. The monoisotopic (exact) mass is 345 g/mol. The fourth-order valence-electron chi connectivity index (χ4n) is 4.51. The third-order valence-corrected chi connectivity index (χ3v) is 5.55. The lowest BCUT2D eigenvalue weighted by atomic mass is 9.88. The highest BCUT2D eigenvalue weighted by Crippen LogP contribution is 2.51. The van der Waals surface area contributed by atoms with Crippen LogP contribution in [0.4, 0.5) is 11.4 Å². The van der Waals surface area contributed by atoms with Crippen LogP contribution < -0.4 is 15.5 Å². The van der Waals surface area contributed by atoms with Gasteiger partial charge in [0.2, 0.25) is 5.66 Å². The van der Waals surface area contributed by atoms with E-state index < -0.39 is 11.2 Å². The van der Waals surface area contributed by atoms with Crippen LogP contribution in [0.5, 0.6) is 0 Å². The third kappa shape index (κ3) is 1.65. The molecule has 1 spiro atoms. The highest BCUT2D eigenvalue weighted by Gasteiger charge is 2.58. The van der Waals surface area contributed by atoms with Crippen LogP contribution in [0.2, 0.25) is 0 Å². The van der Waals surface area contributed by atoms with Gasteiger partial charge in [0.1, 0.15) is 0 Å². The summed E-state index contributed by atoms with van der Waals surface area (Å²) in [6, 6.07) is 13.2. The molecule has 130 valence electrons. The highest BCUT2D eigenvalue weighted by molar-refractivity contribution is 6.18. The first-order valence-electron chi connectivity index (χ1n) is 8.73. The summed E-state index contributed by atoms with van der Waals surface area (Å²) in [4.78, 5) is 28.3. The topological polar surface area (TPSA) is 61.4 Å². The van der Waals surface area contributed by atoms with Crippen LogP contribution in [-0.2, 0) is 10.5 Å². The SMILES string of the molecule is CC1=CC(C)(C)N2C(=O)C3(NC(=O)c4ccccc4N3)c3cccc1c32. The van der Waals surface area contributed by atoms with E-state index in [4.69, 9.17) is 0 Å². The number of allylic oxidation sites excluding steroid dienone is 1. The zero-order valence-corrected chi connectivity index (χ0v) is 14.9. The lowest BCUT2D eigenvalue weighted by Crippen LogP contribution is -2.62. The first-order valence-corrected chi connectivity index (χ1v) is 8.73. The molecule has 5 rings (SSSR count). The van der Waals surface area contributed by atoms with E-state index in [1.807, 2.05) is 55.1 Å². The lowest BCUT2D eigenvalue weighted by Gasteiger charge is -2.40. The maximum atomic E-state index is 13.7. The molecule has 2 amide bonds. The van der Waals surface area contributed by atoms with Crippen LogP contribution >= 0.6 is 0 Å². The van der Waals surface area contributed by atoms with E-state index in [1.165, 1.54) is 0 Å². The Morgan fingerprint density at radius 2 is 1.65 bits per heavy atom. The second-order valence-corrected chi connectivity index (χ2v) is 7.70. The molecule has 0 bridgehead atoms. The number of anilines is 2. The minimum Gasteiger partial charge on any atom is -0.350 e. The number of nitrogens with one attached hydrogen (secondary N) is 2. The maximum absolute atomic E-state index is 13.7. The molecule has 2 N–H and O–H groups in total. The summed E-state index contributed by atoms with van der Waals surface area (Å²) in [6.45, 7) is 6.10. The van der Waals surface area contributed by atoms with Crippen molar-refractivity contribution in [1.29, 1.82) is 0 Å². The van der Waals surface area contributed by atoms with E-state index >= 15 is 0 Å². The second-order valence-electron chi connectivity index (χ2n) is 7.70. The molecule has 5 heteroatoms. The van der Waals surface area contributed by atoms with Gasteiger partial charge in [0.15, 0.2) is 0 Å². The maximum Gasteiger partial charge on any atom is 0.279 e. The van der Waals surface area contributed by atoms with Gasteiger partial charge in [0, 0.05) is 16.8 Å². The summed E-state index contributed by atoms with van der Waals surface area (Å²) in [6.07, 6.45) is 2.11. The Morgan fingerprint density at radius 3 is 2.46 bits per heavy atom. The molecule has 2 aromatic carbocycles. The smallest absolute Gasteiger partial charge is 0.279 e. The van der Waals surface area contributed by atoms with E-state index in [2.05, 4.69) is 23.6 Å². The van der Waals surface area contributed by atoms with Crippen LogP contribution in [0.25, 0.3) is 5.57 Å². The van der Waals surface area contributed by atoms with Gasteiger partial charge >= 0.3 is 0 Å². The van der Waals surface area contributed by atoms with Crippen molar-refractivity contribution in [2.75, 3.05) is 10.2 Å². The largest absolute Gasteiger partial charge is 0.350 e. The van der Waals surface area contributed by atoms with Gasteiger partial charge < -0.3 is 10.6 Å². The van der Waals surface area contributed by atoms with Crippen LogP contribution in [-0.4, -0.2) is 17.4 Å². The first kappa shape index (κ1) is 15.2. The second kappa shape index (κ2) is 4.55. The minimum absolute atomic E-state index is 0.156. The van der Waals surface area contributed by atoms with Gasteiger partial charge in [-0.15, -0.1) is 0 Å². The Bertz CT molecular complexity index is 1040. The van der Waals surface area contributed by atoms with Crippen molar-refractivity contribution in [3.05, 3.63) is 65.2 Å². The first-order chi connectivity index (χ1) is 12.3. The zero-order chi connectivity index (χ0) is 18.3. The molecule has 3 heterocycles. The predicted octanol–water partition coefficient (Wildman–Crippen LogP) is 3.24. The number of carbonyl (C=O) groups excluding carboxylic acids is 2. The van der Waals surface area contributed by atoms with Gasteiger partial charge in [-0.05, 0) is 38.5 Å². The zero-order valence-electron chi connectivity index (χ0n) is 14.9. The van der Waals surface area contributed by atoms with Crippen molar-refractivity contribution < 1.29 is 9.59 Å². The van der Waals surface area contributed by atoms with Crippen molar-refractivity contribution in [1.82, 2.24) is 5.32 Å². The van der Waals surface area contributed by atoms with Crippen LogP contribution in [0.3, 0.4) is 0 Å². The van der Waals surface area contributed by atoms with Crippen molar-refractivity contribution in [2.45, 2.75) is 32.0 Å². The van der Waals surface area contributed by atoms with E-state index in [-0.39, 0.29) is 11.8 Å². The number of amides is 2. The van der Waals surface area contributed by atoms with E-state index in [1.54, 1.807) is 6.07 Å². The van der Waals surface area contributed by atoms with Gasteiger partial charge in [-0.25, -0.2) is 0 Å². The molecule has 1 unspecified atom stereocenters. The van der Waals surface area contributed by atoms with Crippen LogP contribution in [0, 0.1) is 0 Å². The molecule has 0 aliphatic carbocycles. The Hall–Kier alpha value is -3.08. The normalized spacial score (nSPS) is 24.6. The number of fused-ring (bicyclic) bond motifs is 2.